The van der Waals surface area contributed by atoms with Crippen LogP contribution in [0.2, 0.25) is 0 Å². The van der Waals surface area contributed by atoms with E-state index in [1.807, 2.05) is 35.2 Å². The molecule has 6 nitrogen and oxygen atoms in total. The smallest absolute Gasteiger partial charge is 0.274 e. The minimum absolute atomic E-state index is 0.0434. The second-order valence-electron chi connectivity index (χ2n) is 7.05. The van der Waals surface area contributed by atoms with E-state index in [-0.39, 0.29) is 5.91 Å². The third-order valence-corrected chi connectivity index (χ3v) is 4.95. The van der Waals surface area contributed by atoms with Crippen molar-refractivity contribution in [3.63, 3.8) is 0 Å². The predicted octanol–water partition coefficient (Wildman–Crippen LogP) is 2.22. The molecule has 2 heterocycles. The predicted molar refractivity (Wildman–Crippen MR) is 97.9 cm³/mol. The molecule has 4 rings (SSSR count). The first kappa shape index (κ1) is 17.0. The first-order valence-corrected chi connectivity index (χ1v) is 9.28. The van der Waals surface area contributed by atoms with Crippen molar-refractivity contribution in [2.75, 3.05) is 32.7 Å². The number of carbonyl (C=O) groups excluding carboxylic acids is 1. The summed E-state index contributed by atoms with van der Waals surface area (Å²) in [5.74, 6) is 1.28. The molecule has 26 heavy (non-hydrogen) atoms. The lowest BCUT2D eigenvalue weighted by Gasteiger charge is -2.34. The van der Waals surface area contributed by atoms with Crippen LogP contribution in [0.5, 0.6) is 5.88 Å². The largest absolute Gasteiger partial charge is 0.472 e. The molecule has 0 atom stereocenters. The normalized spacial score (nSPS) is 17.9. The summed E-state index contributed by atoms with van der Waals surface area (Å²) in [4.78, 5) is 25.4. The second kappa shape index (κ2) is 7.83. The average Bonchev–Trinajstić information content (AvgIpc) is 3.52. The zero-order valence-corrected chi connectivity index (χ0v) is 14.9. The summed E-state index contributed by atoms with van der Waals surface area (Å²) in [6.45, 7) is 5.06. The molecule has 2 aromatic rings. The molecule has 1 aliphatic heterocycles. The van der Waals surface area contributed by atoms with E-state index in [1.165, 1.54) is 31.8 Å². The molecule has 1 aromatic heterocycles. The van der Waals surface area contributed by atoms with Gasteiger partial charge < -0.3 is 9.64 Å². The maximum atomic E-state index is 12.6. The van der Waals surface area contributed by atoms with Gasteiger partial charge in [0, 0.05) is 32.7 Å². The number of hydrogen-bond donors (Lipinski definition) is 0. The molecule has 2 fully saturated rings. The molecule has 0 N–H and O–H groups in total. The molecule has 136 valence electrons. The molecule has 1 saturated heterocycles. The van der Waals surface area contributed by atoms with Crippen molar-refractivity contribution in [2.45, 2.75) is 19.4 Å². The van der Waals surface area contributed by atoms with Crippen LogP contribution in [0.15, 0.2) is 42.7 Å². The lowest BCUT2D eigenvalue weighted by Crippen LogP contribution is -2.49. The van der Waals surface area contributed by atoms with Gasteiger partial charge in [-0.15, -0.1) is 0 Å². The van der Waals surface area contributed by atoms with Gasteiger partial charge in [0.05, 0.1) is 12.4 Å². The van der Waals surface area contributed by atoms with Crippen molar-refractivity contribution in [3.05, 3.63) is 54.0 Å². The second-order valence-corrected chi connectivity index (χ2v) is 7.05. The van der Waals surface area contributed by atoms with E-state index in [1.54, 1.807) is 0 Å². The zero-order chi connectivity index (χ0) is 17.8. The van der Waals surface area contributed by atoms with E-state index in [0.29, 0.717) is 18.2 Å². The summed E-state index contributed by atoms with van der Waals surface area (Å²) < 4.78 is 5.62. The minimum Gasteiger partial charge on any atom is -0.472 e. The number of amides is 1. The van der Waals surface area contributed by atoms with Gasteiger partial charge in [-0.25, -0.2) is 9.97 Å². The SMILES string of the molecule is O=C(c1cnc(OCc2ccccc2)cn1)N1CCN(CC2CC2)CC1. The van der Waals surface area contributed by atoms with Crippen LogP contribution >= 0.6 is 0 Å². The van der Waals surface area contributed by atoms with Gasteiger partial charge in [0.1, 0.15) is 12.3 Å². The van der Waals surface area contributed by atoms with Gasteiger partial charge in [-0.2, -0.15) is 0 Å². The molecular formula is C20H24N4O2. The van der Waals surface area contributed by atoms with Crippen molar-refractivity contribution in [2.24, 2.45) is 5.92 Å². The maximum absolute atomic E-state index is 12.6. The molecule has 1 aliphatic carbocycles. The summed E-state index contributed by atoms with van der Waals surface area (Å²) in [6, 6.07) is 9.89. The van der Waals surface area contributed by atoms with E-state index in [4.69, 9.17) is 4.74 Å². The van der Waals surface area contributed by atoms with Gasteiger partial charge in [-0.05, 0) is 24.3 Å². The highest BCUT2D eigenvalue weighted by Gasteiger charge is 2.28. The topological polar surface area (TPSA) is 58.6 Å². The van der Waals surface area contributed by atoms with E-state index >= 15 is 0 Å². The Bertz CT molecular complexity index is 723. The van der Waals surface area contributed by atoms with E-state index < -0.39 is 0 Å². The fraction of sp³-hybridized carbons (Fsp3) is 0.450. The van der Waals surface area contributed by atoms with Crippen molar-refractivity contribution >= 4 is 5.91 Å². The molecule has 0 spiro atoms. The Morgan fingerprint density at radius 1 is 1.04 bits per heavy atom. The van der Waals surface area contributed by atoms with Crippen LogP contribution in [0, 0.1) is 5.92 Å². The Hall–Kier alpha value is -2.47. The zero-order valence-electron chi connectivity index (χ0n) is 14.9. The number of piperazine rings is 1. The number of nitrogens with zero attached hydrogens (tertiary/aromatic N) is 4. The summed E-state index contributed by atoms with van der Waals surface area (Å²) in [5, 5.41) is 0. The lowest BCUT2D eigenvalue weighted by atomic mass is 10.2. The maximum Gasteiger partial charge on any atom is 0.274 e. The Balaban J connectivity index is 1.28. The molecular weight excluding hydrogens is 328 g/mol. The highest BCUT2D eigenvalue weighted by atomic mass is 16.5. The average molecular weight is 352 g/mol. The lowest BCUT2D eigenvalue weighted by molar-refractivity contribution is 0.0625. The van der Waals surface area contributed by atoms with Gasteiger partial charge in [-0.3, -0.25) is 9.69 Å². The number of hydrogen-bond acceptors (Lipinski definition) is 5. The number of benzene rings is 1. The molecule has 6 heteroatoms. The Labute approximate surface area is 153 Å². The van der Waals surface area contributed by atoms with Crippen LogP contribution in [0.1, 0.15) is 28.9 Å². The molecule has 1 amide bonds. The Morgan fingerprint density at radius 3 is 2.46 bits per heavy atom. The fourth-order valence-corrected chi connectivity index (χ4v) is 3.19. The highest BCUT2D eigenvalue weighted by Crippen LogP contribution is 2.29. The Kier molecular flexibility index (Phi) is 5.11. The van der Waals surface area contributed by atoms with Crippen LogP contribution in [0.3, 0.4) is 0 Å². The molecule has 2 aliphatic rings. The first-order chi connectivity index (χ1) is 12.8. The Morgan fingerprint density at radius 2 is 1.81 bits per heavy atom. The van der Waals surface area contributed by atoms with Gasteiger partial charge >= 0.3 is 0 Å². The van der Waals surface area contributed by atoms with Crippen molar-refractivity contribution < 1.29 is 9.53 Å². The van der Waals surface area contributed by atoms with Crippen LogP contribution in [-0.2, 0) is 6.61 Å². The highest BCUT2D eigenvalue weighted by molar-refractivity contribution is 5.92. The van der Waals surface area contributed by atoms with Gasteiger partial charge in [0.15, 0.2) is 0 Å². The summed E-state index contributed by atoms with van der Waals surface area (Å²) >= 11 is 0. The molecule has 0 radical (unpaired) electrons. The summed E-state index contributed by atoms with van der Waals surface area (Å²) in [5.41, 5.74) is 1.45. The molecule has 1 saturated carbocycles. The van der Waals surface area contributed by atoms with Gasteiger partial charge in [0.25, 0.3) is 5.91 Å². The van der Waals surface area contributed by atoms with Crippen molar-refractivity contribution in [1.29, 1.82) is 0 Å². The molecule has 1 aromatic carbocycles. The fourth-order valence-electron chi connectivity index (χ4n) is 3.19. The number of carbonyl (C=O) groups is 1. The van der Waals surface area contributed by atoms with Crippen molar-refractivity contribution in [3.8, 4) is 5.88 Å². The van der Waals surface area contributed by atoms with E-state index in [2.05, 4.69) is 14.9 Å². The van der Waals surface area contributed by atoms with E-state index in [9.17, 15) is 4.79 Å². The third kappa shape index (κ3) is 4.38. The van der Waals surface area contributed by atoms with Gasteiger partial charge in [0.2, 0.25) is 5.88 Å². The van der Waals surface area contributed by atoms with Gasteiger partial charge in [-0.1, -0.05) is 30.3 Å². The van der Waals surface area contributed by atoms with E-state index in [0.717, 1.165) is 37.7 Å². The molecule has 0 unspecified atom stereocenters. The quantitative estimate of drug-likeness (QED) is 0.798. The molecule has 0 bridgehead atoms. The standard InChI is InChI=1S/C20H24N4O2/c25-20(24-10-8-23(9-11-24)14-16-6-7-16)18-12-22-19(13-21-18)26-15-17-4-2-1-3-5-17/h1-5,12-13,16H,6-11,14-15H2. The van der Waals surface area contributed by atoms with Crippen LogP contribution in [-0.4, -0.2) is 58.4 Å². The van der Waals surface area contributed by atoms with Crippen LogP contribution in [0.4, 0.5) is 0 Å². The minimum atomic E-state index is -0.0434. The van der Waals surface area contributed by atoms with Crippen molar-refractivity contribution in [1.82, 2.24) is 19.8 Å². The summed E-state index contributed by atoms with van der Waals surface area (Å²) in [6.07, 6.45) is 5.78. The summed E-state index contributed by atoms with van der Waals surface area (Å²) in [7, 11) is 0. The monoisotopic (exact) mass is 352 g/mol. The van der Waals surface area contributed by atoms with Crippen LogP contribution < -0.4 is 4.74 Å². The number of ether oxygens (including phenoxy) is 1. The number of aromatic nitrogens is 2. The third-order valence-electron chi connectivity index (χ3n) is 4.95. The number of rotatable bonds is 6. The van der Waals surface area contributed by atoms with Crippen LogP contribution in [0.25, 0.3) is 0 Å². The first-order valence-electron chi connectivity index (χ1n) is 9.28.